The molecule has 19 heavy (non-hydrogen) atoms. The maximum atomic E-state index is 11.4. The summed E-state index contributed by atoms with van der Waals surface area (Å²) in [6, 6.07) is 4.10. The van der Waals surface area contributed by atoms with Gasteiger partial charge in [-0.3, -0.25) is 4.79 Å². The first-order valence-electron chi connectivity index (χ1n) is 7.56. The van der Waals surface area contributed by atoms with Gasteiger partial charge in [-0.1, -0.05) is 19.9 Å². The molecule has 1 atom stereocenters. The van der Waals surface area contributed by atoms with Crippen molar-refractivity contribution < 1.29 is 0 Å². The van der Waals surface area contributed by atoms with Crippen molar-refractivity contribution in [2.75, 3.05) is 6.54 Å². The molecule has 3 rings (SSSR count). The SMILES string of the molecule is CC(C)C1(CNC2CCCc3[nH]c(=O)ccc32)CC1. The minimum absolute atomic E-state index is 0.0280. The number of aromatic amines is 1. The number of hydrogen-bond donors (Lipinski definition) is 2. The van der Waals surface area contributed by atoms with Gasteiger partial charge in [0.15, 0.2) is 0 Å². The van der Waals surface area contributed by atoms with Crippen molar-refractivity contribution in [2.45, 2.75) is 52.0 Å². The molecule has 1 unspecified atom stereocenters. The van der Waals surface area contributed by atoms with Crippen LogP contribution in [0.15, 0.2) is 16.9 Å². The fourth-order valence-electron chi connectivity index (χ4n) is 3.36. The molecule has 2 aliphatic rings. The van der Waals surface area contributed by atoms with Crippen LogP contribution in [-0.2, 0) is 6.42 Å². The van der Waals surface area contributed by atoms with Crippen LogP contribution in [0.2, 0.25) is 0 Å². The minimum Gasteiger partial charge on any atom is -0.326 e. The summed E-state index contributed by atoms with van der Waals surface area (Å²) in [5, 5.41) is 3.76. The normalized spacial score (nSPS) is 24.3. The van der Waals surface area contributed by atoms with Crippen molar-refractivity contribution in [2.24, 2.45) is 11.3 Å². The Kier molecular flexibility index (Phi) is 3.25. The molecular weight excluding hydrogens is 236 g/mol. The molecule has 0 spiro atoms. The van der Waals surface area contributed by atoms with Crippen molar-refractivity contribution >= 4 is 0 Å². The second-order valence-corrected chi connectivity index (χ2v) is 6.60. The Morgan fingerprint density at radius 2 is 2.21 bits per heavy atom. The topological polar surface area (TPSA) is 44.9 Å². The highest BCUT2D eigenvalue weighted by atomic mass is 16.1. The number of hydrogen-bond acceptors (Lipinski definition) is 2. The highest BCUT2D eigenvalue weighted by Crippen LogP contribution is 2.51. The Hall–Kier alpha value is -1.09. The molecule has 0 aromatic carbocycles. The predicted octanol–water partition coefficient (Wildman–Crippen LogP) is 2.78. The van der Waals surface area contributed by atoms with E-state index in [-0.39, 0.29) is 5.56 Å². The third-order valence-corrected chi connectivity index (χ3v) is 5.15. The Balaban J connectivity index is 1.72. The molecule has 0 amide bonds. The van der Waals surface area contributed by atoms with Crippen molar-refractivity contribution in [3.8, 4) is 0 Å². The van der Waals surface area contributed by atoms with E-state index >= 15 is 0 Å². The lowest BCUT2D eigenvalue weighted by molar-refractivity contribution is 0.310. The smallest absolute Gasteiger partial charge is 0.248 e. The summed E-state index contributed by atoms with van der Waals surface area (Å²) in [6.45, 7) is 5.79. The molecule has 0 bridgehead atoms. The number of aryl methyl sites for hydroxylation is 1. The molecule has 0 aliphatic heterocycles. The van der Waals surface area contributed by atoms with Crippen LogP contribution in [0.5, 0.6) is 0 Å². The lowest BCUT2D eigenvalue weighted by atomic mass is 9.88. The zero-order valence-electron chi connectivity index (χ0n) is 12.0. The standard InChI is InChI=1S/C16H24N2O/c1-11(2)16(8-9-16)10-17-13-4-3-5-14-12(13)6-7-15(19)18-14/h6-7,11,13,17H,3-5,8-10H2,1-2H3,(H,18,19). The minimum atomic E-state index is 0.0280. The summed E-state index contributed by atoms with van der Waals surface area (Å²) in [5.41, 5.74) is 3.02. The summed E-state index contributed by atoms with van der Waals surface area (Å²) < 4.78 is 0. The van der Waals surface area contributed by atoms with Gasteiger partial charge in [0, 0.05) is 24.3 Å². The summed E-state index contributed by atoms with van der Waals surface area (Å²) in [7, 11) is 0. The molecule has 1 heterocycles. The molecule has 1 saturated carbocycles. The average Bonchev–Trinajstić information content (AvgIpc) is 3.17. The molecule has 0 radical (unpaired) electrons. The van der Waals surface area contributed by atoms with Crippen molar-refractivity contribution in [3.05, 3.63) is 33.7 Å². The second-order valence-electron chi connectivity index (χ2n) is 6.60. The zero-order valence-corrected chi connectivity index (χ0v) is 12.0. The van der Waals surface area contributed by atoms with Gasteiger partial charge in [-0.25, -0.2) is 0 Å². The average molecular weight is 260 g/mol. The Morgan fingerprint density at radius 3 is 2.89 bits per heavy atom. The molecule has 0 saturated heterocycles. The van der Waals surface area contributed by atoms with E-state index in [4.69, 9.17) is 0 Å². The van der Waals surface area contributed by atoms with Gasteiger partial charge in [-0.15, -0.1) is 0 Å². The zero-order chi connectivity index (χ0) is 13.5. The molecular formula is C16H24N2O. The lowest BCUT2D eigenvalue weighted by Crippen LogP contribution is -2.33. The molecule has 2 N–H and O–H groups in total. The molecule has 2 aliphatic carbocycles. The van der Waals surface area contributed by atoms with Gasteiger partial charge in [0.1, 0.15) is 0 Å². The molecule has 3 heteroatoms. The van der Waals surface area contributed by atoms with Crippen LogP contribution in [0.3, 0.4) is 0 Å². The van der Waals surface area contributed by atoms with E-state index in [1.165, 1.54) is 31.2 Å². The fraction of sp³-hybridized carbons (Fsp3) is 0.688. The Labute approximate surface area is 114 Å². The molecule has 1 fully saturated rings. The van der Waals surface area contributed by atoms with Gasteiger partial charge >= 0.3 is 0 Å². The fourth-order valence-corrected chi connectivity index (χ4v) is 3.36. The van der Waals surface area contributed by atoms with Gasteiger partial charge in [-0.2, -0.15) is 0 Å². The molecule has 3 nitrogen and oxygen atoms in total. The molecule has 104 valence electrons. The van der Waals surface area contributed by atoms with Crippen LogP contribution in [0.4, 0.5) is 0 Å². The number of H-pyrrole nitrogens is 1. The van der Waals surface area contributed by atoms with E-state index in [2.05, 4.69) is 24.1 Å². The summed E-state index contributed by atoms with van der Waals surface area (Å²) in [4.78, 5) is 14.4. The first-order chi connectivity index (χ1) is 9.11. The van der Waals surface area contributed by atoms with Crippen molar-refractivity contribution in [1.82, 2.24) is 10.3 Å². The number of fused-ring (bicyclic) bond motifs is 1. The predicted molar refractivity (Wildman–Crippen MR) is 77.2 cm³/mol. The number of rotatable bonds is 4. The van der Waals surface area contributed by atoms with Gasteiger partial charge in [0.05, 0.1) is 0 Å². The monoisotopic (exact) mass is 260 g/mol. The maximum Gasteiger partial charge on any atom is 0.248 e. The van der Waals surface area contributed by atoms with Crippen molar-refractivity contribution in [3.63, 3.8) is 0 Å². The molecule has 1 aromatic heterocycles. The van der Waals surface area contributed by atoms with Crippen LogP contribution in [0.1, 0.15) is 56.8 Å². The van der Waals surface area contributed by atoms with Crippen LogP contribution < -0.4 is 10.9 Å². The maximum absolute atomic E-state index is 11.4. The first kappa shape index (κ1) is 12.9. The highest BCUT2D eigenvalue weighted by Gasteiger charge is 2.45. The Bertz CT molecular complexity index is 514. The van der Waals surface area contributed by atoms with E-state index < -0.39 is 0 Å². The quantitative estimate of drug-likeness (QED) is 0.874. The lowest BCUT2D eigenvalue weighted by Gasteiger charge is -2.29. The third kappa shape index (κ3) is 2.48. The number of nitrogens with one attached hydrogen (secondary N) is 2. The third-order valence-electron chi connectivity index (χ3n) is 5.15. The van der Waals surface area contributed by atoms with Crippen LogP contribution in [-0.4, -0.2) is 11.5 Å². The van der Waals surface area contributed by atoms with Crippen LogP contribution in [0, 0.1) is 11.3 Å². The highest BCUT2D eigenvalue weighted by molar-refractivity contribution is 5.26. The Morgan fingerprint density at radius 1 is 1.42 bits per heavy atom. The summed E-state index contributed by atoms with van der Waals surface area (Å²) >= 11 is 0. The van der Waals surface area contributed by atoms with Crippen LogP contribution in [0.25, 0.3) is 0 Å². The second kappa shape index (κ2) is 4.78. The van der Waals surface area contributed by atoms with Gasteiger partial charge in [0.25, 0.3) is 0 Å². The summed E-state index contributed by atoms with van der Waals surface area (Å²) in [6.07, 6.45) is 6.09. The van der Waals surface area contributed by atoms with Gasteiger partial charge in [-0.05, 0) is 49.0 Å². The van der Waals surface area contributed by atoms with Crippen LogP contribution >= 0.6 is 0 Å². The summed E-state index contributed by atoms with van der Waals surface area (Å²) in [5.74, 6) is 0.763. The largest absolute Gasteiger partial charge is 0.326 e. The van der Waals surface area contributed by atoms with Gasteiger partial charge < -0.3 is 10.3 Å². The van der Waals surface area contributed by atoms with E-state index in [9.17, 15) is 4.79 Å². The van der Waals surface area contributed by atoms with E-state index in [1.807, 2.05) is 6.07 Å². The number of pyridine rings is 1. The first-order valence-corrected chi connectivity index (χ1v) is 7.56. The van der Waals surface area contributed by atoms with Crippen molar-refractivity contribution in [1.29, 1.82) is 0 Å². The molecule has 1 aromatic rings. The van der Waals surface area contributed by atoms with Gasteiger partial charge in [0.2, 0.25) is 5.56 Å². The number of aromatic nitrogens is 1. The van der Waals surface area contributed by atoms with E-state index in [1.54, 1.807) is 6.07 Å². The van der Waals surface area contributed by atoms with E-state index in [0.29, 0.717) is 11.5 Å². The van der Waals surface area contributed by atoms with E-state index in [0.717, 1.165) is 24.6 Å².